The van der Waals surface area contributed by atoms with Crippen LogP contribution in [-0.2, 0) is 16.9 Å². The van der Waals surface area contributed by atoms with Crippen LogP contribution in [0.4, 0.5) is 4.39 Å². The molecule has 0 aliphatic heterocycles. The molecule has 1 heterocycles. The Hall–Kier alpha value is -3.00. The standard InChI is InChI=1S/C19H18FN3O3S/c1-23-10-9-21-18(23)17(13-5-3-7-15(20)11-13)22-19(24)14-6-4-8-16(12-14)27(2,25)26/h3-12,17H,1-2H3,(H,22,24)/t17-/m0/s1. The lowest BCUT2D eigenvalue weighted by molar-refractivity contribution is 0.0941. The second-order valence-corrected chi connectivity index (χ2v) is 8.17. The molecule has 6 nitrogen and oxygen atoms in total. The number of sulfone groups is 1. The first-order valence-corrected chi connectivity index (χ1v) is 9.98. The lowest BCUT2D eigenvalue weighted by Crippen LogP contribution is -2.31. The summed E-state index contributed by atoms with van der Waals surface area (Å²) in [6.45, 7) is 0. The molecular weight excluding hydrogens is 369 g/mol. The van der Waals surface area contributed by atoms with Crippen molar-refractivity contribution in [1.29, 1.82) is 0 Å². The Morgan fingerprint density at radius 1 is 1.19 bits per heavy atom. The van der Waals surface area contributed by atoms with Crippen molar-refractivity contribution in [2.24, 2.45) is 7.05 Å². The molecule has 0 aliphatic carbocycles. The molecule has 0 bridgehead atoms. The normalized spacial score (nSPS) is 12.6. The number of rotatable bonds is 5. The fourth-order valence-corrected chi connectivity index (χ4v) is 3.39. The first-order chi connectivity index (χ1) is 12.8. The second kappa shape index (κ2) is 7.32. The van der Waals surface area contributed by atoms with E-state index in [0.29, 0.717) is 11.4 Å². The maximum atomic E-state index is 13.7. The average Bonchev–Trinajstić information content (AvgIpc) is 3.04. The fourth-order valence-electron chi connectivity index (χ4n) is 2.72. The van der Waals surface area contributed by atoms with Gasteiger partial charge in [0.2, 0.25) is 0 Å². The van der Waals surface area contributed by atoms with Crippen LogP contribution in [0, 0.1) is 5.82 Å². The number of aryl methyl sites for hydroxylation is 1. The predicted molar refractivity (Wildman–Crippen MR) is 98.5 cm³/mol. The maximum Gasteiger partial charge on any atom is 0.252 e. The zero-order chi connectivity index (χ0) is 19.6. The highest BCUT2D eigenvalue weighted by Gasteiger charge is 2.22. The van der Waals surface area contributed by atoms with Gasteiger partial charge in [-0.3, -0.25) is 4.79 Å². The first-order valence-electron chi connectivity index (χ1n) is 8.09. The van der Waals surface area contributed by atoms with Crippen LogP contribution >= 0.6 is 0 Å². The van der Waals surface area contributed by atoms with E-state index >= 15 is 0 Å². The highest BCUT2D eigenvalue weighted by Crippen LogP contribution is 2.22. The lowest BCUT2D eigenvalue weighted by Gasteiger charge is -2.19. The topological polar surface area (TPSA) is 81.1 Å². The van der Waals surface area contributed by atoms with Gasteiger partial charge in [0.15, 0.2) is 9.84 Å². The molecule has 2 aromatic carbocycles. The van der Waals surface area contributed by atoms with Crippen molar-refractivity contribution in [1.82, 2.24) is 14.9 Å². The molecule has 1 atom stereocenters. The highest BCUT2D eigenvalue weighted by atomic mass is 32.2. The minimum atomic E-state index is -3.44. The van der Waals surface area contributed by atoms with Gasteiger partial charge in [0.1, 0.15) is 17.7 Å². The predicted octanol–water partition coefficient (Wildman–Crippen LogP) is 2.48. The third kappa shape index (κ3) is 4.22. The fraction of sp³-hybridized carbons (Fsp3) is 0.158. The Bertz CT molecular complexity index is 1090. The number of carbonyl (C=O) groups is 1. The van der Waals surface area contributed by atoms with Crippen LogP contribution in [0.1, 0.15) is 27.8 Å². The molecule has 8 heteroatoms. The Labute approximate surface area is 156 Å². The number of aromatic nitrogens is 2. The molecule has 0 saturated carbocycles. The summed E-state index contributed by atoms with van der Waals surface area (Å²) < 4.78 is 38.9. The van der Waals surface area contributed by atoms with Crippen molar-refractivity contribution in [2.75, 3.05) is 6.26 Å². The van der Waals surface area contributed by atoms with Gasteiger partial charge >= 0.3 is 0 Å². The van der Waals surface area contributed by atoms with E-state index in [4.69, 9.17) is 0 Å². The van der Waals surface area contributed by atoms with Crippen LogP contribution < -0.4 is 5.32 Å². The van der Waals surface area contributed by atoms with Crippen LogP contribution in [0.5, 0.6) is 0 Å². The van der Waals surface area contributed by atoms with E-state index in [9.17, 15) is 17.6 Å². The van der Waals surface area contributed by atoms with E-state index in [2.05, 4.69) is 10.3 Å². The SMILES string of the molecule is Cn1ccnc1[C@@H](NC(=O)c1cccc(S(C)(=O)=O)c1)c1cccc(F)c1. The van der Waals surface area contributed by atoms with Crippen LogP contribution in [0.15, 0.2) is 65.8 Å². The Kier molecular flexibility index (Phi) is 5.09. The van der Waals surface area contributed by atoms with Crippen molar-refractivity contribution >= 4 is 15.7 Å². The molecule has 0 radical (unpaired) electrons. The van der Waals surface area contributed by atoms with Gasteiger partial charge in [-0.1, -0.05) is 18.2 Å². The van der Waals surface area contributed by atoms with Crippen molar-refractivity contribution in [2.45, 2.75) is 10.9 Å². The van der Waals surface area contributed by atoms with Crippen LogP contribution in [0.2, 0.25) is 0 Å². The van der Waals surface area contributed by atoms with Crippen molar-refractivity contribution in [3.63, 3.8) is 0 Å². The number of nitrogens with one attached hydrogen (secondary N) is 1. The highest BCUT2D eigenvalue weighted by molar-refractivity contribution is 7.90. The summed E-state index contributed by atoms with van der Waals surface area (Å²) >= 11 is 0. The molecule has 0 unspecified atom stereocenters. The molecule has 140 valence electrons. The summed E-state index contributed by atoms with van der Waals surface area (Å²) in [4.78, 5) is 17.1. The quantitative estimate of drug-likeness (QED) is 0.729. The molecule has 27 heavy (non-hydrogen) atoms. The van der Waals surface area contributed by atoms with Gasteiger partial charge in [0, 0.05) is 31.3 Å². The minimum absolute atomic E-state index is 0.0504. The molecule has 1 amide bonds. The molecule has 3 aromatic rings. The molecule has 1 aromatic heterocycles. The number of amides is 1. The number of benzene rings is 2. The molecule has 0 spiro atoms. The molecular formula is C19H18FN3O3S. The lowest BCUT2D eigenvalue weighted by atomic mass is 10.0. The Morgan fingerprint density at radius 2 is 1.93 bits per heavy atom. The minimum Gasteiger partial charge on any atom is -0.338 e. The summed E-state index contributed by atoms with van der Waals surface area (Å²) in [6.07, 6.45) is 4.38. The van der Waals surface area contributed by atoms with Gasteiger partial charge in [-0.25, -0.2) is 17.8 Å². The molecule has 3 rings (SSSR count). The number of imidazole rings is 1. The number of hydrogen-bond donors (Lipinski definition) is 1. The van der Waals surface area contributed by atoms with Crippen molar-refractivity contribution in [3.05, 3.63) is 83.7 Å². The van der Waals surface area contributed by atoms with E-state index in [1.165, 1.54) is 36.4 Å². The summed E-state index contributed by atoms with van der Waals surface area (Å²) in [5, 5.41) is 2.81. The van der Waals surface area contributed by atoms with Crippen LogP contribution in [0.3, 0.4) is 0 Å². The van der Waals surface area contributed by atoms with Gasteiger partial charge in [-0.15, -0.1) is 0 Å². The molecule has 0 fully saturated rings. The summed E-state index contributed by atoms with van der Waals surface area (Å²) in [6, 6.07) is 10.9. The van der Waals surface area contributed by atoms with Crippen LogP contribution in [0.25, 0.3) is 0 Å². The van der Waals surface area contributed by atoms with Gasteiger partial charge in [0.05, 0.1) is 4.90 Å². The van der Waals surface area contributed by atoms with Gasteiger partial charge in [-0.2, -0.15) is 0 Å². The second-order valence-electron chi connectivity index (χ2n) is 6.16. The molecule has 0 saturated heterocycles. The largest absolute Gasteiger partial charge is 0.338 e. The third-order valence-corrected chi connectivity index (χ3v) is 5.21. The first kappa shape index (κ1) is 18.8. The van der Waals surface area contributed by atoms with Crippen molar-refractivity contribution in [3.8, 4) is 0 Å². The zero-order valence-electron chi connectivity index (χ0n) is 14.8. The third-order valence-electron chi connectivity index (χ3n) is 4.10. The number of carbonyl (C=O) groups excluding carboxylic acids is 1. The van der Waals surface area contributed by atoms with E-state index in [-0.39, 0.29) is 10.5 Å². The van der Waals surface area contributed by atoms with E-state index in [1.54, 1.807) is 36.1 Å². The summed E-state index contributed by atoms with van der Waals surface area (Å²) in [7, 11) is -1.67. The Balaban J connectivity index is 1.98. The summed E-state index contributed by atoms with van der Waals surface area (Å²) in [5.41, 5.74) is 0.713. The van der Waals surface area contributed by atoms with Gasteiger partial charge in [-0.05, 0) is 35.9 Å². The van der Waals surface area contributed by atoms with Crippen molar-refractivity contribution < 1.29 is 17.6 Å². The smallest absolute Gasteiger partial charge is 0.252 e. The number of hydrogen-bond acceptors (Lipinski definition) is 4. The monoisotopic (exact) mass is 387 g/mol. The zero-order valence-corrected chi connectivity index (χ0v) is 15.6. The average molecular weight is 387 g/mol. The van der Waals surface area contributed by atoms with Crippen LogP contribution in [-0.4, -0.2) is 30.1 Å². The van der Waals surface area contributed by atoms with E-state index in [1.807, 2.05) is 0 Å². The molecule has 1 N–H and O–H groups in total. The summed E-state index contributed by atoms with van der Waals surface area (Å²) in [5.74, 6) is -0.397. The number of nitrogens with zero attached hydrogens (tertiary/aromatic N) is 2. The number of halogens is 1. The van der Waals surface area contributed by atoms with E-state index in [0.717, 1.165) is 6.26 Å². The van der Waals surface area contributed by atoms with Gasteiger partial charge < -0.3 is 9.88 Å². The maximum absolute atomic E-state index is 13.7. The Morgan fingerprint density at radius 3 is 2.56 bits per heavy atom. The van der Waals surface area contributed by atoms with E-state index < -0.39 is 27.6 Å². The molecule has 0 aliphatic rings. The van der Waals surface area contributed by atoms with Gasteiger partial charge in [0.25, 0.3) is 5.91 Å².